The van der Waals surface area contributed by atoms with Crippen LogP contribution in [0.3, 0.4) is 0 Å². The molecule has 0 bridgehead atoms. The van der Waals surface area contributed by atoms with Gasteiger partial charge in [-0.15, -0.1) is 0 Å². The van der Waals surface area contributed by atoms with Gasteiger partial charge in [-0.25, -0.2) is 15.0 Å². The highest BCUT2D eigenvalue weighted by atomic mass is 16.3. The van der Waals surface area contributed by atoms with E-state index in [9.17, 15) is 0 Å². The molecule has 0 N–H and O–H groups in total. The predicted molar refractivity (Wildman–Crippen MR) is 241 cm³/mol. The summed E-state index contributed by atoms with van der Waals surface area (Å²) in [5, 5.41) is 4.49. The van der Waals surface area contributed by atoms with Crippen LogP contribution in [-0.4, -0.2) is 19.5 Å². The van der Waals surface area contributed by atoms with Crippen molar-refractivity contribution in [2.45, 2.75) is 19.3 Å². The first-order valence-corrected chi connectivity index (χ1v) is 20.1. The van der Waals surface area contributed by atoms with E-state index in [1.165, 1.54) is 22.3 Å². The predicted octanol–water partition coefficient (Wildman–Crippen LogP) is 13.8. The summed E-state index contributed by atoms with van der Waals surface area (Å²) in [7, 11) is 0. The van der Waals surface area contributed by atoms with Gasteiger partial charge in [0.1, 0.15) is 11.2 Å². The van der Waals surface area contributed by atoms with Crippen molar-refractivity contribution in [2.75, 3.05) is 0 Å². The van der Waals surface area contributed by atoms with Gasteiger partial charge in [-0.3, -0.25) is 0 Å². The molecule has 11 aromatic rings. The van der Waals surface area contributed by atoms with Crippen LogP contribution in [0.15, 0.2) is 186 Å². The number of nitrogens with zero attached hydrogens (tertiary/aromatic N) is 4. The van der Waals surface area contributed by atoms with E-state index in [2.05, 4.69) is 182 Å². The van der Waals surface area contributed by atoms with E-state index in [1.54, 1.807) is 0 Å². The highest BCUT2D eigenvalue weighted by Crippen LogP contribution is 2.49. The molecule has 0 saturated carbocycles. The molecule has 5 nitrogen and oxygen atoms in total. The van der Waals surface area contributed by atoms with Crippen LogP contribution < -0.4 is 0 Å². The maximum atomic E-state index is 6.43. The van der Waals surface area contributed by atoms with E-state index in [-0.39, 0.29) is 5.41 Å². The zero-order chi connectivity index (χ0) is 39.2. The first-order chi connectivity index (χ1) is 29.0. The van der Waals surface area contributed by atoms with Crippen LogP contribution in [0, 0.1) is 0 Å². The lowest BCUT2D eigenvalue weighted by Gasteiger charge is -2.21. The van der Waals surface area contributed by atoms with Gasteiger partial charge >= 0.3 is 0 Å². The minimum atomic E-state index is -0.140. The van der Waals surface area contributed by atoms with Crippen molar-refractivity contribution >= 4 is 43.7 Å². The molecular weight excluding hydrogens is 721 g/mol. The molecule has 0 aliphatic heterocycles. The van der Waals surface area contributed by atoms with Crippen molar-refractivity contribution in [3.63, 3.8) is 0 Å². The van der Waals surface area contributed by atoms with Crippen molar-refractivity contribution in [3.8, 4) is 62.1 Å². The average molecular weight is 757 g/mol. The summed E-state index contributed by atoms with van der Waals surface area (Å²) in [4.78, 5) is 15.5. The third-order valence-electron chi connectivity index (χ3n) is 12.3. The molecule has 3 aromatic heterocycles. The molecule has 3 heterocycles. The normalized spacial score (nSPS) is 13.1. The minimum absolute atomic E-state index is 0.140. The molecule has 0 atom stereocenters. The fourth-order valence-corrected chi connectivity index (χ4v) is 9.40. The second-order valence-electron chi connectivity index (χ2n) is 16.0. The number of furan rings is 1. The van der Waals surface area contributed by atoms with E-state index < -0.39 is 0 Å². The lowest BCUT2D eigenvalue weighted by atomic mass is 9.82. The SMILES string of the molecule is CC1(C)c2ccccc2-c2ccc(-c3nc(-c4ccccc4)nc(-c4ccc5c(c4)c4ccccc4n5-c4ccc5oc6cccc(-c7ccccc7)c6c5c4)n3)cc21. The Labute approximate surface area is 340 Å². The molecule has 0 saturated heterocycles. The van der Waals surface area contributed by atoms with E-state index in [4.69, 9.17) is 19.4 Å². The second kappa shape index (κ2) is 12.7. The van der Waals surface area contributed by atoms with Crippen LogP contribution in [0.2, 0.25) is 0 Å². The molecule has 1 aliphatic rings. The molecular formula is C54H36N4O. The van der Waals surface area contributed by atoms with Crippen LogP contribution >= 0.6 is 0 Å². The molecule has 0 unspecified atom stereocenters. The van der Waals surface area contributed by atoms with Crippen molar-refractivity contribution < 1.29 is 4.42 Å². The summed E-state index contributed by atoms with van der Waals surface area (Å²) < 4.78 is 8.79. The van der Waals surface area contributed by atoms with Crippen LogP contribution in [-0.2, 0) is 5.41 Å². The van der Waals surface area contributed by atoms with Crippen LogP contribution in [0.4, 0.5) is 0 Å². The van der Waals surface area contributed by atoms with Gasteiger partial charge in [-0.05, 0) is 88.0 Å². The van der Waals surface area contributed by atoms with Crippen LogP contribution in [0.1, 0.15) is 25.0 Å². The number of benzene rings is 8. The monoisotopic (exact) mass is 756 g/mol. The van der Waals surface area contributed by atoms with E-state index in [1.807, 2.05) is 18.2 Å². The topological polar surface area (TPSA) is 56.7 Å². The Balaban J connectivity index is 1.03. The number of fused-ring (bicyclic) bond motifs is 9. The number of para-hydroxylation sites is 1. The maximum Gasteiger partial charge on any atom is 0.164 e. The third kappa shape index (κ3) is 5.14. The fourth-order valence-electron chi connectivity index (χ4n) is 9.40. The quantitative estimate of drug-likeness (QED) is 0.175. The zero-order valence-corrected chi connectivity index (χ0v) is 32.5. The fraction of sp³-hybridized carbons (Fsp3) is 0.0556. The summed E-state index contributed by atoms with van der Waals surface area (Å²) in [5.74, 6) is 1.93. The number of rotatable bonds is 5. The third-order valence-corrected chi connectivity index (χ3v) is 12.3. The van der Waals surface area contributed by atoms with Gasteiger partial charge in [0.25, 0.3) is 0 Å². The van der Waals surface area contributed by atoms with Gasteiger partial charge in [0, 0.05) is 49.3 Å². The number of hydrogen-bond donors (Lipinski definition) is 0. The number of aromatic nitrogens is 4. The molecule has 12 rings (SSSR count). The summed E-state index contributed by atoms with van der Waals surface area (Å²) >= 11 is 0. The maximum absolute atomic E-state index is 6.43. The molecule has 1 aliphatic carbocycles. The largest absolute Gasteiger partial charge is 0.456 e. The Morgan fingerprint density at radius 1 is 0.407 bits per heavy atom. The molecule has 8 aromatic carbocycles. The highest BCUT2D eigenvalue weighted by Gasteiger charge is 2.35. The summed E-state index contributed by atoms with van der Waals surface area (Å²) in [5.41, 5.74) is 15.3. The van der Waals surface area contributed by atoms with Crippen LogP contribution in [0.25, 0.3) is 106 Å². The number of hydrogen-bond acceptors (Lipinski definition) is 4. The Bertz CT molecular complexity index is 3470. The average Bonchev–Trinajstić information content (AvgIpc) is 3.91. The highest BCUT2D eigenvalue weighted by molar-refractivity contribution is 6.14. The van der Waals surface area contributed by atoms with Crippen LogP contribution in [0.5, 0.6) is 0 Å². The molecule has 0 spiro atoms. The van der Waals surface area contributed by atoms with Crippen molar-refractivity contribution in [1.82, 2.24) is 19.5 Å². The van der Waals surface area contributed by atoms with Gasteiger partial charge in [0.15, 0.2) is 17.5 Å². The van der Waals surface area contributed by atoms with Crippen molar-refractivity contribution in [3.05, 3.63) is 193 Å². The Morgan fingerprint density at radius 3 is 1.85 bits per heavy atom. The molecule has 0 amide bonds. The summed E-state index contributed by atoms with van der Waals surface area (Å²) in [6.07, 6.45) is 0. The molecule has 0 fully saturated rings. The first-order valence-electron chi connectivity index (χ1n) is 20.1. The smallest absolute Gasteiger partial charge is 0.164 e. The van der Waals surface area contributed by atoms with Gasteiger partial charge in [0.05, 0.1) is 11.0 Å². The van der Waals surface area contributed by atoms with Crippen molar-refractivity contribution in [2.24, 2.45) is 0 Å². The Morgan fingerprint density at radius 2 is 1.03 bits per heavy atom. The molecule has 5 heteroatoms. The van der Waals surface area contributed by atoms with Crippen molar-refractivity contribution in [1.29, 1.82) is 0 Å². The molecule has 278 valence electrons. The van der Waals surface area contributed by atoms with E-state index in [0.29, 0.717) is 17.5 Å². The van der Waals surface area contributed by atoms with Gasteiger partial charge in [-0.2, -0.15) is 0 Å². The Kier molecular flexibility index (Phi) is 7.20. The lowest BCUT2D eigenvalue weighted by Crippen LogP contribution is -2.15. The Hall–Kier alpha value is -7.63. The summed E-state index contributed by atoms with van der Waals surface area (Å²) in [6, 6.07) is 64.2. The molecule has 59 heavy (non-hydrogen) atoms. The van der Waals surface area contributed by atoms with Gasteiger partial charge < -0.3 is 8.98 Å². The lowest BCUT2D eigenvalue weighted by molar-refractivity contribution is 0.660. The molecule has 0 radical (unpaired) electrons. The standard InChI is InChI=1S/C54H36N4O/c1-54(2)44-21-11-9-18-39(44)40-27-24-36(31-45(40)54)53-56-51(34-16-7-4-8-17-34)55-52(57-53)35-25-28-47-42(30-35)41-19-10-12-22-46(41)58(47)37-26-29-48-43(32-37)50-38(20-13-23-49(50)59-48)33-14-5-3-6-15-33/h3-32H,1-2H3. The summed E-state index contributed by atoms with van der Waals surface area (Å²) in [6.45, 7) is 4.61. The first kappa shape index (κ1) is 33.5. The van der Waals surface area contributed by atoms with Gasteiger partial charge in [0.2, 0.25) is 0 Å². The van der Waals surface area contributed by atoms with Gasteiger partial charge in [-0.1, -0.05) is 141 Å². The van der Waals surface area contributed by atoms with E-state index >= 15 is 0 Å². The zero-order valence-electron chi connectivity index (χ0n) is 32.5. The second-order valence-corrected chi connectivity index (χ2v) is 16.0. The van der Waals surface area contributed by atoms with E-state index in [0.717, 1.165) is 77.2 Å². The minimum Gasteiger partial charge on any atom is -0.456 e.